The summed E-state index contributed by atoms with van der Waals surface area (Å²) in [6.07, 6.45) is -1.26. The van der Waals surface area contributed by atoms with Crippen LogP contribution in [0.2, 0.25) is 0 Å². The number of aliphatic hydroxyl groups is 1. The van der Waals surface area contributed by atoms with Gasteiger partial charge in [-0.2, -0.15) is 5.10 Å². The van der Waals surface area contributed by atoms with Gasteiger partial charge in [-0.3, -0.25) is 9.79 Å². The average molecular weight is 526 g/mol. The number of hydrogen-bond donors (Lipinski definition) is 5. The Morgan fingerprint density at radius 1 is 0.923 bits per heavy atom. The predicted octanol–water partition coefficient (Wildman–Crippen LogP) is 3.43. The minimum atomic E-state index is -1.24. The molecule has 1 aliphatic rings. The molecule has 0 fully saturated rings. The molecule has 0 radical (unpaired) electrons. The van der Waals surface area contributed by atoms with Crippen molar-refractivity contribution in [2.45, 2.75) is 51.9 Å². The minimum Gasteiger partial charge on any atom is -0.507 e. The third kappa shape index (κ3) is 5.26. The maximum Gasteiger partial charge on any atom is 0.271 e. The van der Waals surface area contributed by atoms with Crippen molar-refractivity contribution in [2.24, 2.45) is 15.1 Å². The minimum absolute atomic E-state index is 0.0215. The topological polar surface area (TPSA) is 139 Å². The van der Waals surface area contributed by atoms with Crippen LogP contribution in [0.1, 0.15) is 32.8 Å². The van der Waals surface area contributed by atoms with Crippen molar-refractivity contribution >= 4 is 38.9 Å². The van der Waals surface area contributed by atoms with Gasteiger partial charge in [0, 0.05) is 33.8 Å². The fourth-order valence-electron chi connectivity index (χ4n) is 4.50. The fourth-order valence-corrected chi connectivity index (χ4v) is 4.50. The smallest absolute Gasteiger partial charge is 0.271 e. The number of carbonyl (C=O) groups excluding carboxylic acids is 1. The first-order chi connectivity index (χ1) is 18.5. The van der Waals surface area contributed by atoms with Crippen LogP contribution in [0.5, 0.6) is 11.5 Å². The van der Waals surface area contributed by atoms with E-state index in [0.717, 1.165) is 5.56 Å². The molecule has 0 aliphatic carbocycles. The van der Waals surface area contributed by atoms with E-state index in [-0.39, 0.29) is 23.6 Å². The van der Waals surface area contributed by atoms with Gasteiger partial charge in [-0.15, -0.1) is 0 Å². The van der Waals surface area contributed by atoms with Crippen LogP contribution < -0.4 is 21.5 Å². The summed E-state index contributed by atoms with van der Waals surface area (Å²) >= 11 is 0. The van der Waals surface area contributed by atoms with Crippen LogP contribution in [0, 0.1) is 6.92 Å². The highest BCUT2D eigenvalue weighted by Crippen LogP contribution is 2.39. The van der Waals surface area contributed by atoms with E-state index in [1.54, 1.807) is 48.5 Å². The molecule has 0 spiro atoms. The summed E-state index contributed by atoms with van der Waals surface area (Å²) in [5.41, 5.74) is 4.39. The molecule has 0 saturated carbocycles. The van der Waals surface area contributed by atoms with E-state index >= 15 is 0 Å². The maximum absolute atomic E-state index is 13.3. The molecule has 0 bridgehead atoms. The number of hydrazone groups is 1. The maximum atomic E-state index is 13.3. The molecular weight excluding hydrogens is 494 g/mol. The number of amides is 1. The van der Waals surface area contributed by atoms with Crippen molar-refractivity contribution in [1.82, 2.24) is 5.43 Å². The third-order valence-electron chi connectivity index (χ3n) is 6.50. The largest absolute Gasteiger partial charge is 0.507 e. The number of benzene rings is 4. The molecule has 4 aromatic rings. The number of carbonyl (C=O) groups is 1. The molecule has 1 aliphatic heterocycles. The van der Waals surface area contributed by atoms with Crippen LogP contribution in [0.15, 0.2) is 75.7 Å². The number of phenolic OH excluding ortho intramolecular Hbond substituents is 2. The predicted molar refractivity (Wildman–Crippen MR) is 152 cm³/mol. The van der Waals surface area contributed by atoms with Crippen molar-refractivity contribution in [3.8, 4) is 11.5 Å². The molecule has 5 N–H and O–H groups in total. The van der Waals surface area contributed by atoms with Gasteiger partial charge in [-0.1, -0.05) is 42.0 Å². The zero-order valence-corrected chi connectivity index (χ0v) is 22.2. The van der Waals surface area contributed by atoms with Gasteiger partial charge in [0.15, 0.2) is 6.23 Å². The van der Waals surface area contributed by atoms with E-state index in [1.165, 1.54) is 0 Å². The van der Waals surface area contributed by atoms with Crippen molar-refractivity contribution in [3.05, 3.63) is 76.9 Å². The lowest BCUT2D eigenvalue weighted by Gasteiger charge is -2.22. The number of nitrogens with zero attached hydrogens (tertiary/aromatic N) is 3. The number of aliphatic hydroxyl groups excluding tert-OH is 1. The van der Waals surface area contributed by atoms with E-state index < -0.39 is 23.7 Å². The number of anilines is 1. The Kier molecular flexibility index (Phi) is 6.69. The van der Waals surface area contributed by atoms with Gasteiger partial charge in [0.25, 0.3) is 5.91 Å². The molecule has 9 heteroatoms. The fraction of sp³-hybridized carbons (Fsp3) is 0.267. The summed E-state index contributed by atoms with van der Waals surface area (Å²) in [5, 5.41) is 42.7. The van der Waals surface area contributed by atoms with Crippen LogP contribution in [0.3, 0.4) is 0 Å². The number of fused-ring (bicyclic) bond motifs is 4. The normalized spacial score (nSPS) is 17.3. The van der Waals surface area contributed by atoms with Crippen LogP contribution in [0.4, 0.5) is 5.69 Å². The van der Waals surface area contributed by atoms with Crippen LogP contribution >= 0.6 is 0 Å². The first-order valence-electron chi connectivity index (χ1n) is 12.7. The molecule has 4 aromatic carbocycles. The average Bonchev–Trinajstić information content (AvgIpc) is 2.90. The van der Waals surface area contributed by atoms with E-state index in [9.17, 15) is 20.1 Å². The number of rotatable bonds is 5. The molecule has 200 valence electrons. The molecule has 1 heterocycles. The highest BCUT2D eigenvalue weighted by molar-refractivity contribution is 6.43. The number of aryl methyl sites for hydroxylation is 1. The zero-order chi connectivity index (χ0) is 27.9. The molecule has 0 saturated heterocycles. The molecule has 5 rings (SSSR count). The number of nitrogens with one attached hydrogen (secondary N) is 2. The lowest BCUT2D eigenvalue weighted by atomic mass is 9.99. The Balaban J connectivity index is 1.58. The van der Waals surface area contributed by atoms with Crippen molar-refractivity contribution < 1.29 is 20.1 Å². The van der Waals surface area contributed by atoms with Gasteiger partial charge >= 0.3 is 0 Å². The van der Waals surface area contributed by atoms with Gasteiger partial charge in [0.05, 0.1) is 16.1 Å². The molecule has 39 heavy (non-hydrogen) atoms. The number of phenols is 2. The number of aromatic hydroxyl groups is 2. The molecule has 0 aromatic heterocycles. The Labute approximate surface area is 225 Å². The van der Waals surface area contributed by atoms with Crippen molar-refractivity contribution in [1.29, 1.82) is 0 Å². The second-order valence-corrected chi connectivity index (χ2v) is 10.8. The second-order valence-electron chi connectivity index (χ2n) is 10.8. The van der Waals surface area contributed by atoms with Gasteiger partial charge < -0.3 is 26.1 Å². The lowest BCUT2D eigenvalue weighted by molar-refractivity contribution is -0.110. The molecule has 9 nitrogen and oxygen atoms in total. The Hall–Kier alpha value is -4.50. The van der Waals surface area contributed by atoms with E-state index in [1.807, 2.05) is 39.8 Å². The Morgan fingerprint density at radius 3 is 2.26 bits per heavy atom. The van der Waals surface area contributed by atoms with Gasteiger partial charge in [0.2, 0.25) is 0 Å². The van der Waals surface area contributed by atoms with Gasteiger partial charge in [-0.05, 0) is 52.0 Å². The van der Waals surface area contributed by atoms with Crippen LogP contribution in [-0.2, 0) is 4.79 Å². The zero-order valence-electron chi connectivity index (χ0n) is 22.2. The summed E-state index contributed by atoms with van der Waals surface area (Å²) in [5.74, 6) is -0.453. The summed E-state index contributed by atoms with van der Waals surface area (Å²) in [4.78, 5) is 22.4. The van der Waals surface area contributed by atoms with E-state index in [4.69, 9.17) is 4.99 Å². The molecule has 1 amide bonds. The highest BCUT2D eigenvalue weighted by atomic mass is 16.3. The van der Waals surface area contributed by atoms with Gasteiger partial charge in [0.1, 0.15) is 23.3 Å². The third-order valence-corrected chi connectivity index (χ3v) is 6.50. The lowest BCUT2D eigenvalue weighted by Crippen LogP contribution is -2.42. The molecule has 2 unspecified atom stereocenters. The summed E-state index contributed by atoms with van der Waals surface area (Å²) in [6.45, 7) is 7.72. The monoisotopic (exact) mass is 525 g/mol. The summed E-state index contributed by atoms with van der Waals surface area (Å²) < 4.78 is 0. The standard InChI is InChI=1S/C30H31N5O4/c1-16-9-11-17(12-10-16)31-29(39)23(34-35-30(2,3)4)15-22-28(38)33-21-14-13-20-24(25(21)32-22)27(37)19-8-6-5-7-18(19)26(20)36/h5-14,22,28,35-38H,15H2,1-4H3,(H,31,39). The summed E-state index contributed by atoms with van der Waals surface area (Å²) in [6, 6.07) is 16.8. The number of hydrogen-bond acceptors (Lipinski definition) is 8. The Morgan fingerprint density at radius 2 is 1.59 bits per heavy atom. The summed E-state index contributed by atoms with van der Waals surface area (Å²) in [7, 11) is 0. The molecular formula is C30H31N5O4. The first kappa shape index (κ1) is 26.1. The van der Waals surface area contributed by atoms with Gasteiger partial charge in [-0.25, -0.2) is 4.99 Å². The second kappa shape index (κ2) is 9.99. The van der Waals surface area contributed by atoms with E-state index in [2.05, 4.69) is 20.8 Å². The van der Waals surface area contributed by atoms with Crippen LogP contribution in [0.25, 0.3) is 21.5 Å². The Bertz CT molecular complexity index is 1740. The first-order valence-corrected chi connectivity index (χ1v) is 12.7. The molecule has 2 atom stereocenters. The van der Waals surface area contributed by atoms with Crippen molar-refractivity contribution in [3.63, 3.8) is 0 Å². The quantitative estimate of drug-likeness (QED) is 0.118. The highest BCUT2D eigenvalue weighted by Gasteiger charge is 2.28. The van der Waals surface area contributed by atoms with Crippen molar-refractivity contribution in [2.75, 3.05) is 5.32 Å². The van der Waals surface area contributed by atoms with E-state index in [0.29, 0.717) is 37.9 Å². The van der Waals surface area contributed by atoms with Crippen LogP contribution in [-0.4, -0.2) is 44.7 Å². The SMILES string of the molecule is Cc1ccc(NC(=O)C(CC2N=c3c(ccc4c(O)c5ccccc5c(O)c34)=NC2O)=NNC(C)(C)C)cc1.